The highest BCUT2D eigenvalue weighted by Gasteiger charge is 2.24. The molecule has 1 amide bonds. The molecule has 0 bridgehead atoms. The second-order valence-corrected chi connectivity index (χ2v) is 3.94. The van der Waals surface area contributed by atoms with Gasteiger partial charge in [-0.25, -0.2) is 0 Å². The van der Waals surface area contributed by atoms with Crippen molar-refractivity contribution in [3.05, 3.63) is 0 Å². The quantitative estimate of drug-likeness (QED) is 0.703. The van der Waals surface area contributed by atoms with Gasteiger partial charge in [0.1, 0.15) is 0 Å². The maximum atomic E-state index is 12.0. The van der Waals surface area contributed by atoms with Gasteiger partial charge in [0.25, 0.3) is 0 Å². The number of hydrogen-bond acceptors (Lipinski definition) is 3. The Morgan fingerprint density at radius 1 is 1.27 bits per heavy atom. The number of carbonyl (C=O) groups is 1. The number of amides is 1. The molecule has 0 aliphatic heterocycles. The molecule has 0 radical (unpaired) electrons. The van der Waals surface area contributed by atoms with E-state index in [1.165, 1.54) is 0 Å². The van der Waals surface area contributed by atoms with Crippen molar-refractivity contribution in [1.29, 1.82) is 0 Å². The van der Waals surface area contributed by atoms with E-state index in [9.17, 15) is 4.79 Å². The summed E-state index contributed by atoms with van der Waals surface area (Å²) < 4.78 is 0. The summed E-state index contributed by atoms with van der Waals surface area (Å²) in [5.74, 6) is 0.183. The molecule has 0 aromatic rings. The van der Waals surface area contributed by atoms with Crippen molar-refractivity contribution in [1.82, 2.24) is 9.80 Å². The van der Waals surface area contributed by atoms with E-state index < -0.39 is 0 Å². The smallest absolute Gasteiger partial charge is 0.239 e. The van der Waals surface area contributed by atoms with Crippen LogP contribution in [-0.2, 0) is 4.79 Å². The van der Waals surface area contributed by atoms with Crippen LogP contribution < -0.4 is 5.73 Å². The van der Waals surface area contributed by atoms with Gasteiger partial charge >= 0.3 is 0 Å². The summed E-state index contributed by atoms with van der Waals surface area (Å²) in [7, 11) is 1.95. The number of likely N-dealkylation sites (N-methyl/N-ethyl adjacent to an activating group) is 2. The third-order valence-electron chi connectivity index (χ3n) is 3.08. The number of rotatable bonds is 6. The van der Waals surface area contributed by atoms with Crippen LogP contribution in [0.1, 0.15) is 27.7 Å². The molecular formula is C11H25N3O. The third kappa shape index (κ3) is 3.80. The van der Waals surface area contributed by atoms with E-state index in [1.54, 1.807) is 0 Å². The predicted octanol–water partition coefficient (Wildman–Crippen LogP) is 0.522. The van der Waals surface area contributed by atoms with Gasteiger partial charge in [-0.2, -0.15) is 0 Å². The Balaban J connectivity index is 4.42. The van der Waals surface area contributed by atoms with Crippen LogP contribution in [0.15, 0.2) is 0 Å². The lowest BCUT2D eigenvalue weighted by atomic mass is 10.2. The van der Waals surface area contributed by atoms with Crippen molar-refractivity contribution in [3.8, 4) is 0 Å². The number of hydrogen-bond donors (Lipinski definition) is 1. The van der Waals surface area contributed by atoms with E-state index in [1.807, 2.05) is 44.5 Å². The van der Waals surface area contributed by atoms with E-state index in [-0.39, 0.29) is 18.0 Å². The lowest BCUT2D eigenvalue weighted by molar-refractivity contribution is -0.136. The molecule has 0 rings (SSSR count). The lowest BCUT2D eigenvalue weighted by Crippen LogP contribution is -2.50. The van der Waals surface area contributed by atoms with Crippen LogP contribution in [0.3, 0.4) is 0 Å². The van der Waals surface area contributed by atoms with Gasteiger partial charge in [0.15, 0.2) is 0 Å². The van der Waals surface area contributed by atoms with Gasteiger partial charge in [-0.3, -0.25) is 9.69 Å². The van der Waals surface area contributed by atoms with Crippen LogP contribution >= 0.6 is 0 Å². The predicted molar refractivity (Wildman–Crippen MR) is 63.7 cm³/mol. The van der Waals surface area contributed by atoms with Crippen molar-refractivity contribution in [2.75, 3.05) is 26.7 Å². The van der Waals surface area contributed by atoms with Crippen LogP contribution in [0.5, 0.6) is 0 Å². The van der Waals surface area contributed by atoms with Crippen LogP contribution in [0.4, 0.5) is 0 Å². The summed E-state index contributed by atoms with van der Waals surface area (Å²) >= 11 is 0. The van der Waals surface area contributed by atoms with Gasteiger partial charge in [-0.1, -0.05) is 0 Å². The van der Waals surface area contributed by atoms with E-state index >= 15 is 0 Å². The number of nitrogens with two attached hydrogens (primary N) is 1. The fraction of sp³-hybridized carbons (Fsp3) is 0.909. The Morgan fingerprint density at radius 3 is 2.07 bits per heavy atom. The normalized spacial score (nSPS) is 15.1. The van der Waals surface area contributed by atoms with E-state index in [0.29, 0.717) is 6.54 Å². The fourth-order valence-electron chi connectivity index (χ4n) is 1.52. The van der Waals surface area contributed by atoms with Crippen molar-refractivity contribution >= 4 is 5.91 Å². The molecule has 2 unspecified atom stereocenters. The van der Waals surface area contributed by atoms with Gasteiger partial charge in [-0.05, 0) is 34.7 Å². The fourth-order valence-corrected chi connectivity index (χ4v) is 1.52. The summed E-state index contributed by atoms with van der Waals surface area (Å²) in [5, 5.41) is 0. The Bertz CT molecular complexity index is 192. The molecule has 0 heterocycles. The monoisotopic (exact) mass is 215 g/mol. The summed E-state index contributed by atoms with van der Waals surface area (Å²) in [6.45, 7) is 10.1. The number of carbonyl (C=O) groups excluding carboxylic acids is 1. The highest BCUT2D eigenvalue weighted by atomic mass is 16.2. The Morgan fingerprint density at radius 2 is 1.73 bits per heavy atom. The van der Waals surface area contributed by atoms with Crippen molar-refractivity contribution < 1.29 is 4.79 Å². The van der Waals surface area contributed by atoms with Gasteiger partial charge in [0.05, 0.1) is 6.04 Å². The maximum Gasteiger partial charge on any atom is 0.239 e. The van der Waals surface area contributed by atoms with E-state index in [4.69, 9.17) is 5.73 Å². The molecule has 2 atom stereocenters. The van der Waals surface area contributed by atoms with Crippen LogP contribution in [0.2, 0.25) is 0 Å². The maximum absolute atomic E-state index is 12.0. The van der Waals surface area contributed by atoms with Crippen LogP contribution in [0.25, 0.3) is 0 Å². The van der Waals surface area contributed by atoms with Gasteiger partial charge < -0.3 is 10.6 Å². The van der Waals surface area contributed by atoms with Gasteiger partial charge in [0, 0.05) is 25.7 Å². The minimum absolute atomic E-state index is 0.0940. The average molecular weight is 215 g/mol. The largest absolute Gasteiger partial charge is 0.342 e. The molecule has 0 aliphatic rings. The zero-order chi connectivity index (χ0) is 12.0. The van der Waals surface area contributed by atoms with Gasteiger partial charge in [-0.15, -0.1) is 0 Å². The van der Waals surface area contributed by atoms with E-state index in [2.05, 4.69) is 0 Å². The molecule has 90 valence electrons. The molecule has 0 fully saturated rings. The molecular weight excluding hydrogens is 190 g/mol. The van der Waals surface area contributed by atoms with E-state index in [0.717, 1.165) is 13.1 Å². The topological polar surface area (TPSA) is 49.6 Å². The summed E-state index contributed by atoms with van der Waals surface area (Å²) in [4.78, 5) is 15.9. The van der Waals surface area contributed by atoms with Crippen molar-refractivity contribution in [2.45, 2.75) is 39.8 Å². The standard InChI is InChI=1S/C11H25N3O/c1-6-14(7-2)11(15)10(4)13(5)9(3)8-12/h9-10H,6-8,12H2,1-5H3. The first-order chi connectivity index (χ1) is 6.99. The second-order valence-electron chi connectivity index (χ2n) is 3.94. The molecule has 0 aromatic heterocycles. The molecule has 15 heavy (non-hydrogen) atoms. The molecule has 0 saturated carbocycles. The Kier molecular flexibility index (Phi) is 6.52. The first-order valence-electron chi connectivity index (χ1n) is 5.70. The second kappa shape index (κ2) is 6.80. The van der Waals surface area contributed by atoms with Crippen molar-refractivity contribution in [2.24, 2.45) is 5.73 Å². The van der Waals surface area contributed by atoms with Gasteiger partial charge in [0.2, 0.25) is 5.91 Å². The zero-order valence-electron chi connectivity index (χ0n) is 10.7. The SMILES string of the molecule is CCN(CC)C(=O)C(C)N(C)C(C)CN. The first-order valence-corrected chi connectivity index (χ1v) is 5.70. The summed E-state index contributed by atoms with van der Waals surface area (Å²) in [5.41, 5.74) is 5.59. The Labute approximate surface area is 93.4 Å². The molecule has 4 heteroatoms. The van der Waals surface area contributed by atoms with Crippen molar-refractivity contribution in [3.63, 3.8) is 0 Å². The molecule has 0 aromatic carbocycles. The average Bonchev–Trinajstić information content (AvgIpc) is 2.27. The highest BCUT2D eigenvalue weighted by molar-refractivity contribution is 5.81. The summed E-state index contributed by atoms with van der Waals surface area (Å²) in [6.07, 6.45) is 0. The highest BCUT2D eigenvalue weighted by Crippen LogP contribution is 2.05. The summed E-state index contributed by atoms with van der Waals surface area (Å²) in [6, 6.07) is 0.142. The minimum atomic E-state index is -0.0940. The molecule has 2 N–H and O–H groups in total. The Hall–Kier alpha value is -0.610. The lowest BCUT2D eigenvalue weighted by Gasteiger charge is -2.32. The zero-order valence-corrected chi connectivity index (χ0v) is 10.7. The molecule has 0 aliphatic carbocycles. The molecule has 4 nitrogen and oxygen atoms in total. The van der Waals surface area contributed by atoms with Crippen LogP contribution in [0, 0.1) is 0 Å². The van der Waals surface area contributed by atoms with Crippen LogP contribution in [-0.4, -0.2) is 54.5 Å². The third-order valence-corrected chi connectivity index (χ3v) is 3.08. The molecule has 0 saturated heterocycles. The minimum Gasteiger partial charge on any atom is -0.342 e. The first kappa shape index (κ1) is 14.4. The molecule has 0 spiro atoms. The number of nitrogens with zero attached hydrogens (tertiary/aromatic N) is 2.